The van der Waals surface area contributed by atoms with Crippen LogP contribution in [0.25, 0.3) is 76.8 Å². The quantitative estimate of drug-likeness (QED) is 0.125. The molecule has 0 radical (unpaired) electrons. The van der Waals surface area contributed by atoms with Gasteiger partial charge in [0.15, 0.2) is 0 Å². The van der Waals surface area contributed by atoms with Gasteiger partial charge in [0, 0.05) is 0 Å². The van der Waals surface area contributed by atoms with E-state index in [1.807, 2.05) is 0 Å². The number of fused-ring (bicyclic) bond motifs is 4. The van der Waals surface area contributed by atoms with Crippen molar-refractivity contribution < 1.29 is 0 Å². The third-order valence-corrected chi connectivity index (χ3v) is 13.7. The van der Waals surface area contributed by atoms with Crippen molar-refractivity contribution in [3.63, 3.8) is 0 Å². The molecule has 10 aromatic carbocycles. The lowest BCUT2D eigenvalue weighted by atomic mass is 9.31. The third-order valence-electron chi connectivity index (χ3n) is 13.7. The van der Waals surface area contributed by atoms with Crippen molar-refractivity contribution in [1.29, 1.82) is 0 Å². The van der Waals surface area contributed by atoms with Gasteiger partial charge in [-0.05, 0) is 117 Å². The fourth-order valence-electron chi connectivity index (χ4n) is 11.4. The smallest absolute Gasteiger partial charge is 0.0664 e. The van der Waals surface area contributed by atoms with Crippen molar-refractivity contribution in [3.8, 4) is 44.5 Å². The molecular weight excluding hydrogens is 694 g/mol. The second kappa shape index (κ2) is 12.4. The van der Waals surface area contributed by atoms with Crippen LogP contribution >= 0.6 is 0 Å². The molecule has 0 unspecified atom stereocenters. The maximum absolute atomic E-state index is 2.62. The molecule has 0 nitrogen and oxygen atoms in total. The van der Waals surface area contributed by atoms with E-state index in [2.05, 4.69) is 198 Å². The Hall–Kier alpha value is -6.63. The summed E-state index contributed by atoms with van der Waals surface area (Å²) in [7, 11) is 0. The zero-order valence-corrected chi connectivity index (χ0v) is 33.3. The lowest BCUT2D eigenvalue weighted by molar-refractivity contribution is 1.43. The van der Waals surface area contributed by atoms with E-state index in [1.54, 1.807) is 0 Å². The lowest BCUT2D eigenvalue weighted by Gasteiger charge is -2.35. The van der Waals surface area contributed by atoms with Gasteiger partial charge in [-0.25, -0.2) is 0 Å². The maximum atomic E-state index is 2.62. The first kappa shape index (κ1) is 33.5. The predicted octanol–water partition coefficient (Wildman–Crippen LogP) is 10.1. The van der Waals surface area contributed by atoms with Crippen molar-refractivity contribution in [3.05, 3.63) is 192 Å². The molecule has 0 spiro atoms. The van der Waals surface area contributed by atoms with E-state index in [0.717, 1.165) is 0 Å². The van der Waals surface area contributed by atoms with Gasteiger partial charge in [-0.15, -0.1) is 0 Å². The molecule has 0 atom stereocenters. The Bertz CT molecular complexity index is 3060. The van der Waals surface area contributed by atoms with Crippen LogP contribution in [0.1, 0.15) is 22.3 Å². The van der Waals surface area contributed by atoms with Crippen LogP contribution in [0.3, 0.4) is 0 Å². The number of rotatable bonds is 4. The highest BCUT2D eigenvalue weighted by atomic mass is 14.3. The standard InChI is InChI=1S/C56H40B2/c1-33-17-15-18-34(2)55(33)57-47-27-13-11-25-39(47)43-29-42(38-23-9-6-10-24-38)46-32-50-52-44(40-26-12-14-28-48(40)58(50)56-35(3)19-16-20-36(56)4)30-41(37-21-7-5-8-22-37)45-31-49(57)51(43)53(46)54(45)52/h5-32H,1-4H3. The summed E-state index contributed by atoms with van der Waals surface area (Å²) in [4.78, 5) is 0. The monoisotopic (exact) mass is 734 g/mol. The van der Waals surface area contributed by atoms with Gasteiger partial charge in [0.05, 0.1) is 0 Å². The topological polar surface area (TPSA) is 0 Å². The average Bonchev–Trinajstić information content (AvgIpc) is 3.25. The van der Waals surface area contributed by atoms with Crippen LogP contribution in [0.2, 0.25) is 0 Å². The number of hydrogen-bond donors (Lipinski definition) is 0. The summed E-state index contributed by atoms with van der Waals surface area (Å²) >= 11 is 0. The molecule has 270 valence electrons. The zero-order valence-electron chi connectivity index (χ0n) is 33.3. The van der Waals surface area contributed by atoms with Crippen molar-refractivity contribution >= 4 is 78.5 Å². The van der Waals surface area contributed by atoms with Crippen molar-refractivity contribution in [2.75, 3.05) is 0 Å². The van der Waals surface area contributed by atoms with Gasteiger partial charge >= 0.3 is 0 Å². The summed E-state index contributed by atoms with van der Waals surface area (Å²) in [5, 5.41) is 8.27. The first-order valence-corrected chi connectivity index (χ1v) is 20.8. The number of hydrogen-bond acceptors (Lipinski definition) is 0. The van der Waals surface area contributed by atoms with Gasteiger partial charge in [0.1, 0.15) is 0 Å². The lowest BCUT2D eigenvalue weighted by Crippen LogP contribution is -2.57. The first-order chi connectivity index (χ1) is 28.5. The van der Waals surface area contributed by atoms with Crippen LogP contribution in [0.15, 0.2) is 170 Å². The van der Waals surface area contributed by atoms with Gasteiger partial charge in [-0.2, -0.15) is 0 Å². The molecule has 2 aliphatic heterocycles. The fraction of sp³-hybridized carbons (Fsp3) is 0.0714. The van der Waals surface area contributed by atoms with E-state index in [4.69, 9.17) is 0 Å². The minimum Gasteiger partial charge on any atom is -0.0664 e. The molecule has 10 aromatic rings. The second-order valence-corrected chi connectivity index (χ2v) is 16.9. The Balaban J connectivity index is 1.37. The molecule has 58 heavy (non-hydrogen) atoms. The molecule has 0 aromatic heterocycles. The maximum Gasteiger partial charge on any atom is 0.243 e. The molecule has 0 amide bonds. The van der Waals surface area contributed by atoms with Gasteiger partial charge in [-0.3, -0.25) is 0 Å². The van der Waals surface area contributed by atoms with Crippen LogP contribution in [0.4, 0.5) is 0 Å². The van der Waals surface area contributed by atoms with Crippen molar-refractivity contribution in [2.24, 2.45) is 0 Å². The molecule has 0 saturated carbocycles. The molecule has 2 heteroatoms. The highest BCUT2D eigenvalue weighted by molar-refractivity contribution is 7.00. The molecule has 12 rings (SSSR count). The summed E-state index contributed by atoms with van der Waals surface area (Å²) in [6.45, 7) is 9.40. The minimum absolute atomic E-state index is 0.0952. The summed E-state index contributed by atoms with van der Waals surface area (Å²) in [5.74, 6) is 0. The normalized spacial score (nSPS) is 12.8. The Morgan fingerprint density at radius 2 is 0.638 bits per heavy atom. The molecule has 0 fully saturated rings. The highest BCUT2D eigenvalue weighted by Crippen LogP contribution is 2.49. The average molecular weight is 735 g/mol. The van der Waals surface area contributed by atoms with Crippen LogP contribution < -0.4 is 32.8 Å². The number of benzene rings is 10. The minimum atomic E-state index is 0.0952. The van der Waals surface area contributed by atoms with E-state index in [-0.39, 0.29) is 13.4 Å². The molecule has 0 aliphatic carbocycles. The first-order valence-electron chi connectivity index (χ1n) is 20.8. The van der Waals surface area contributed by atoms with Gasteiger partial charge in [-0.1, -0.05) is 213 Å². The van der Waals surface area contributed by atoms with Gasteiger partial charge in [0.2, 0.25) is 13.4 Å². The molecule has 0 bridgehead atoms. The second-order valence-electron chi connectivity index (χ2n) is 16.9. The number of aryl methyl sites for hydroxylation is 4. The molecule has 0 N–H and O–H groups in total. The van der Waals surface area contributed by atoms with E-state index < -0.39 is 0 Å². The highest BCUT2D eigenvalue weighted by Gasteiger charge is 2.39. The van der Waals surface area contributed by atoms with Crippen LogP contribution in [-0.4, -0.2) is 13.4 Å². The molecule has 2 heterocycles. The Labute approximate surface area is 341 Å². The van der Waals surface area contributed by atoms with E-state index in [0.29, 0.717) is 0 Å². The Kier molecular flexibility index (Phi) is 7.18. The van der Waals surface area contributed by atoms with Crippen molar-refractivity contribution in [1.82, 2.24) is 0 Å². The largest absolute Gasteiger partial charge is 0.243 e. The van der Waals surface area contributed by atoms with E-state index in [9.17, 15) is 0 Å². The summed E-state index contributed by atoms with van der Waals surface area (Å²) < 4.78 is 0. The van der Waals surface area contributed by atoms with Gasteiger partial charge < -0.3 is 0 Å². The summed E-state index contributed by atoms with van der Waals surface area (Å²) in [5.41, 5.74) is 24.3. The van der Waals surface area contributed by atoms with Crippen LogP contribution in [0, 0.1) is 27.7 Å². The molecule has 0 saturated heterocycles. The predicted molar refractivity (Wildman–Crippen MR) is 253 cm³/mol. The van der Waals surface area contributed by atoms with E-state index in [1.165, 1.54) is 132 Å². The van der Waals surface area contributed by atoms with Crippen LogP contribution in [0.5, 0.6) is 0 Å². The molecule has 2 aliphatic rings. The van der Waals surface area contributed by atoms with Crippen molar-refractivity contribution in [2.45, 2.75) is 27.7 Å². The van der Waals surface area contributed by atoms with Crippen LogP contribution in [-0.2, 0) is 0 Å². The summed E-state index contributed by atoms with van der Waals surface area (Å²) in [6, 6.07) is 64.7. The third kappa shape index (κ3) is 4.55. The SMILES string of the molecule is Cc1cccc(C)c1B1c2ccccc2-c2cc(-c3ccccc3)c3cc4c5c(cc(-c6ccccc6)c6cc1c2c3c65)-c1ccccc1B4c1c(C)cccc1C. The molecular formula is C56H40B2. The van der Waals surface area contributed by atoms with E-state index >= 15 is 0 Å². The zero-order chi connectivity index (χ0) is 38.8. The van der Waals surface area contributed by atoms with Gasteiger partial charge in [0.25, 0.3) is 0 Å². The Morgan fingerprint density at radius 1 is 0.276 bits per heavy atom. The summed E-state index contributed by atoms with van der Waals surface area (Å²) in [6.07, 6.45) is 0. The fourth-order valence-corrected chi connectivity index (χ4v) is 11.4. The Morgan fingerprint density at radius 3 is 1.03 bits per heavy atom.